The van der Waals surface area contributed by atoms with Crippen molar-refractivity contribution in [1.82, 2.24) is 13.7 Å². The topological polar surface area (TPSA) is 93.4 Å². The van der Waals surface area contributed by atoms with Gasteiger partial charge in [0, 0.05) is 20.1 Å². The van der Waals surface area contributed by atoms with Gasteiger partial charge in [-0.2, -0.15) is 4.31 Å². The second-order valence-corrected chi connectivity index (χ2v) is 10.0. The first-order valence-electron chi connectivity index (χ1n) is 10.6. The van der Waals surface area contributed by atoms with Crippen LogP contribution in [0.1, 0.15) is 18.5 Å². The molecule has 0 spiro atoms. The molecule has 0 saturated carbocycles. The number of para-hydroxylation sites is 1. The Labute approximate surface area is 191 Å². The molecule has 1 aliphatic rings. The van der Waals surface area contributed by atoms with Crippen molar-refractivity contribution in [3.8, 4) is 5.69 Å². The third kappa shape index (κ3) is 4.36. The van der Waals surface area contributed by atoms with Crippen LogP contribution in [-0.4, -0.2) is 41.1 Å². The third-order valence-electron chi connectivity index (χ3n) is 6.01. The number of nitrogens with zero attached hydrogens (tertiary/aromatic N) is 3. The molecule has 1 aromatic heterocycles. The Hall–Kier alpha value is -3.24. The number of carbonyl (C=O) groups excluding carboxylic acids is 1. The first-order chi connectivity index (χ1) is 15.7. The number of sulfonamides is 1. The Morgan fingerprint density at radius 3 is 2.42 bits per heavy atom. The number of nitrogens with one attached hydrogen (secondary N) is 1. The zero-order valence-corrected chi connectivity index (χ0v) is 19.2. The van der Waals surface area contributed by atoms with Gasteiger partial charge in [-0.05, 0) is 56.2 Å². The molecule has 10 heteroatoms. The van der Waals surface area contributed by atoms with E-state index in [2.05, 4.69) is 5.32 Å². The summed E-state index contributed by atoms with van der Waals surface area (Å²) >= 11 is 0. The largest absolute Gasteiger partial charge is 0.320 e. The molecule has 2 aromatic carbocycles. The van der Waals surface area contributed by atoms with E-state index >= 15 is 0 Å². The maximum atomic E-state index is 13.2. The van der Waals surface area contributed by atoms with Gasteiger partial charge in [-0.15, -0.1) is 0 Å². The minimum Gasteiger partial charge on any atom is -0.320 e. The van der Waals surface area contributed by atoms with Gasteiger partial charge in [-0.3, -0.25) is 14.3 Å². The number of hydrogen-bond donors (Lipinski definition) is 1. The van der Waals surface area contributed by atoms with Crippen LogP contribution in [0.3, 0.4) is 0 Å². The van der Waals surface area contributed by atoms with Crippen LogP contribution < -0.4 is 10.9 Å². The molecular weight excluding hydrogens is 447 g/mol. The third-order valence-corrected chi connectivity index (χ3v) is 7.89. The van der Waals surface area contributed by atoms with Crippen LogP contribution in [0.15, 0.2) is 64.3 Å². The number of rotatable bonds is 5. The van der Waals surface area contributed by atoms with Crippen molar-refractivity contribution >= 4 is 21.6 Å². The number of aromatic nitrogens is 2. The van der Waals surface area contributed by atoms with E-state index in [4.69, 9.17) is 0 Å². The van der Waals surface area contributed by atoms with E-state index in [-0.39, 0.29) is 29.2 Å². The second kappa shape index (κ2) is 8.95. The van der Waals surface area contributed by atoms with Crippen molar-refractivity contribution in [3.63, 3.8) is 0 Å². The highest BCUT2D eigenvalue weighted by atomic mass is 32.2. The normalized spacial score (nSPS) is 17.1. The maximum Gasteiger partial charge on any atom is 0.295 e. The van der Waals surface area contributed by atoms with Crippen LogP contribution >= 0.6 is 0 Å². The number of halogens is 1. The number of carbonyl (C=O) groups is 1. The van der Waals surface area contributed by atoms with Crippen LogP contribution in [0.5, 0.6) is 0 Å². The SMILES string of the molecule is Cc1c(NC(=O)[C@H]2CCCN(S(=O)(=O)c3ccc(F)cc3)C2)c(=O)n(-c2ccccc2)n1C. The zero-order chi connectivity index (χ0) is 23.8. The molecule has 1 aliphatic heterocycles. The molecule has 3 aromatic rings. The van der Waals surface area contributed by atoms with E-state index in [1.54, 1.807) is 30.8 Å². The van der Waals surface area contributed by atoms with E-state index in [0.717, 1.165) is 12.1 Å². The van der Waals surface area contributed by atoms with Gasteiger partial charge in [0.05, 0.1) is 22.2 Å². The molecule has 1 saturated heterocycles. The Balaban J connectivity index is 1.55. The van der Waals surface area contributed by atoms with Crippen LogP contribution in [0.25, 0.3) is 5.69 Å². The first kappa shape index (κ1) is 22.9. The molecule has 174 valence electrons. The predicted octanol–water partition coefficient (Wildman–Crippen LogP) is 2.66. The van der Waals surface area contributed by atoms with Gasteiger partial charge in [-0.1, -0.05) is 18.2 Å². The van der Waals surface area contributed by atoms with Crippen LogP contribution in [0.4, 0.5) is 10.1 Å². The van der Waals surface area contributed by atoms with Crippen LogP contribution in [-0.2, 0) is 21.9 Å². The summed E-state index contributed by atoms with van der Waals surface area (Å²) in [6.45, 7) is 2.00. The Morgan fingerprint density at radius 2 is 1.76 bits per heavy atom. The molecule has 8 nitrogen and oxygen atoms in total. The quantitative estimate of drug-likeness (QED) is 0.618. The molecule has 2 heterocycles. The van der Waals surface area contributed by atoms with Gasteiger partial charge in [-0.25, -0.2) is 17.5 Å². The molecule has 0 aliphatic carbocycles. The van der Waals surface area contributed by atoms with Gasteiger partial charge in [0.15, 0.2) is 0 Å². The fraction of sp³-hybridized carbons (Fsp3) is 0.304. The highest BCUT2D eigenvalue weighted by Gasteiger charge is 2.34. The zero-order valence-electron chi connectivity index (χ0n) is 18.4. The minimum atomic E-state index is -3.86. The number of piperidine rings is 1. The number of amides is 1. The number of anilines is 1. The lowest BCUT2D eigenvalue weighted by molar-refractivity contribution is -0.120. The molecule has 1 N–H and O–H groups in total. The summed E-state index contributed by atoms with van der Waals surface area (Å²) in [5, 5.41) is 2.73. The fourth-order valence-corrected chi connectivity index (χ4v) is 5.59. The maximum absolute atomic E-state index is 13.2. The van der Waals surface area contributed by atoms with Crippen LogP contribution in [0, 0.1) is 18.7 Å². The fourth-order valence-electron chi connectivity index (χ4n) is 4.07. The van der Waals surface area contributed by atoms with Crippen molar-refractivity contribution in [3.05, 3.63) is 76.5 Å². The average Bonchev–Trinajstić information content (AvgIpc) is 3.03. The highest BCUT2D eigenvalue weighted by molar-refractivity contribution is 7.89. The molecule has 0 bridgehead atoms. The Kier molecular flexibility index (Phi) is 6.22. The Bertz CT molecular complexity index is 1330. The first-order valence-corrected chi connectivity index (χ1v) is 12.0. The van der Waals surface area contributed by atoms with Crippen molar-refractivity contribution in [1.29, 1.82) is 0 Å². The van der Waals surface area contributed by atoms with Gasteiger partial charge in [0.2, 0.25) is 15.9 Å². The molecule has 4 rings (SSSR count). The molecule has 1 atom stereocenters. The number of benzene rings is 2. The van der Waals surface area contributed by atoms with E-state index in [0.29, 0.717) is 24.2 Å². The lowest BCUT2D eigenvalue weighted by Gasteiger charge is -2.31. The lowest BCUT2D eigenvalue weighted by atomic mass is 9.99. The van der Waals surface area contributed by atoms with Crippen LogP contribution in [0.2, 0.25) is 0 Å². The minimum absolute atomic E-state index is 0.00962. The molecule has 1 fully saturated rings. The van der Waals surface area contributed by atoms with Crippen molar-refractivity contribution < 1.29 is 17.6 Å². The summed E-state index contributed by atoms with van der Waals surface area (Å²) in [7, 11) is -2.12. The molecule has 33 heavy (non-hydrogen) atoms. The molecular formula is C23H25FN4O4S. The molecule has 0 radical (unpaired) electrons. The van der Waals surface area contributed by atoms with Crippen molar-refractivity contribution in [2.24, 2.45) is 13.0 Å². The van der Waals surface area contributed by atoms with Crippen molar-refractivity contribution in [2.45, 2.75) is 24.7 Å². The van der Waals surface area contributed by atoms with Crippen molar-refractivity contribution in [2.75, 3.05) is 18.4 Å². The summed E-state index contributed by atoms with van der Waals surface area (Å²) in [6, 6.07) is 13.7. The summed E-state index contributed by atoms with van der Waals surface area (Å²) in [5.41, 5.74) is 1.07. The van der Waals surface area contributed by atoms with Gasteiger partial charge < -0.3 is 5.32 Å². The Morgan fingerprint density at radius 1 is 1.09 bits per heavy atom. The monoisotopic (exact) mass is 472 g/mol. The summed E-state index contributed by atoms with van der Waals surface area (Å²) in [6.07, 6.45) is 1.00. The van der Waals surface area contributed by atoms with Gasteiger partial charge >= 0.3 is 0 Å². The van der Waals surface area contributed by atoms with E-state index in [1.165, 1.54) is 21.1 Å². The summed E-state index contributed by atoms with van der Waals surface area (Å²) < 4.78 is 43.5. The predicted molar refractivity (Wildman–Crippen MR) is 122 cm³/mol. The lowest BCUT2D eigenvalue weighted by Crippen LogP contribution is -2.44. The summed E-state index contributed by atoms with van der Waals surface area (Å²) in [4.78, 5) is 26.1. The van der Waals surface area contributed by atoms with E-state index in [1.807, 2.05) is 18.2 Å². The molecule has 0 unspecified atom stereocenters. The number of hydrogen-bond acceptors (Lipinski definition) is 4. The molecule has 1 amide bonds. The standard InChI is InChI=1S/C23H25FN4O4S/c1-16-21(23(30)28(26(16)2)19-8-4-3-5-9-19)25-22(29)17-7-6-14-27(15-17)33(31,32)20-12-10-18(24)11-13-20/h3-5,8-13,17H,6-7,14-15H2,1-2H3,(H,25,29)/t17-/m0/s1. The average molecular weight is 473 g/mol. The smallest absolute Gasteiger partial charge is 0.295 e. The summed E-state index contributed by atoms with van der Waals surface area (Å²) in [5.74, 6) is -1.54. The van der Waals surface area contributed by atoms with Gasteiger partial charge in [0.25, 0.3) is 5.56 Å². The second-order valence-electron chi connectivity index (χ2n) is 8.08. The van der Waals surface area contributed by atoms with E-state index < -0.39 is 27.7 Å². The van der Waals surface area contributed by atoms with Gasteiger partial charge in [0.1, 0.15) is 11.5 Å². The highest BCUT2D eigenvalue weighted by Crippen LogP contribution is 2.25. The van der Waals surface area contributed by atoms with E-state index in [9.17, 15) is 22.4 Å².